The fraction of sp³-hybridized carbons (Fsp3) is 0.571. The third kappa shape index (κ3) is 4.25. The molecule has 2 aromatic rings. The second kappa shape index (κ2) is 8.84. The van der Waals surface area contributed by atoms with Crippen LogP contribution < -0.4 is 10.6 Å². The lowest BCUT2D eigenvalue weighted by Gasteiger charge is -2.28. The van der Waals surface area contributed by atoms with Gasteiger partial charge in [0, 0.05) is 26.2 Å². The second-order valence-corrected chi connectivity index (χ2v) is 7.85. The van der Waals surface area contributed by atoms with Crippen molar-refractivity contribution >= 4 is 5.91 Å². The van der Waals surface area contributed by atoms with E-state index in [1.807, 2.05) is 11.6 Å². The van der Waals surface area contributed by atoms with Gasteiger partial charge >= 0.3 is 0 Å². The number of benzene rings is 1. The van der Waals surface area contributed by atoms with Crippen molar-refractivity contribution in [3.63, 3.8) is 0 Å². The van der Waals surface area contributed by atoms with E-state index in [1.165, 1.54) is 11.1 Å². The SMILES string of the molecule is Cc1c(C(=O)NCCCN2CCc3ccccc3C2)nnn1C1CCNCC1. The van der Waals surface area contributed by atoms with E-state index in [4.69, 9.17) is 0 Å². The molecular formula is C21H30N6O. The van der Waals surface area contributed by atoms with Crippen molar-refractivity contribution in [3.8, 4) is 0 Å². The molecule has 0 bridgehead atoms. The maximum Gasteiger partial charge on any atom is 0.273 e. The molecule has 0 radical (unpaired) electrons. The predicted octanol–water partition coefficient (Wildman–Crippen LogP) is 1.69. The maximum absolute atomic E-state index is 12.5. The van der Waals surface area contributed by atoms with Gasteiger partial charge in [-0.15, -0.1) is 5.10 Å². The number of nitrogens with one attached hydrogen (secondary N) is 2. The van der Waals surface area contributed by atoms with Gasteiger partial charge in [0.2, 0.25) is 0 Å². The quantitative estimate of drug-likeness (QED) is 0.744. The number of carbonyl (C=O) groups excluding carboxylic acids is 1. The second-order valence-electron chi connectivity index (χ2n) is 7.85. The van der Waals surface area contributed by atoms with Crippen LogP contribution >= 0.6 is 0 Å². The molecule has 2 aliphatic heterocycles. The van der Waals surface area contributed by atoms with E-state index >= 15 is 0 Å². The molecule has 2 N–H and O–H groups in total. The molecule has 1 amide bonds. The lowest BCUT2D eigenvalue weighted by molar-refractivity contribution is 0.0945. The van der Waals surface area contributed by atoms with Crippen LogP contribution in [0.1, 0.15) is 52.6 Å². The Kier molecular flexibility index (Phi) is 6.02. The van der Waals surface area contributed by atoms with E-state index in [0.29, 0.717) is 18.3 Å². The molecule has 1 fully saturated rings. The summed E-state index contributed by atoms with van der Waals surface area (Å²) >= 11 is 0. The standard InChI is InChI=1S/C21H30N6O/c1-16-20(24-25-27(16)19-7-11-22-12-8-19)21(28)23-10-4-13-26-14-9-17-5-2-3-6-18(17)15-26/h2-3,5-6,19,22H,4,7-15H2,1H3,(H,23,28). The summed E-state index contributed by atoms with van der Waals surface area (Å²) in [7, 11) is 0. The fourth-order valence-electron chi connectivity index (χ4n) is 4.28. The van der Waals surface area contributed by atoms with Gasteiger partial charge in [-0.3, -0.25) is 9.69 Å². The summed E-state index contributed by atoms with van der Waals surface area (Å²) < 4.78 is 1.93. The van der Waals surface area contributed by atoms with Gasteiger partial charge in [0.05, 0.1) is 11.7 Å². The summed E-state index contributed by atoms with van der Waals surface area (Å²) in [5, 5.41) is 14.8. The molecule has 3 heterocycles. The Morgan fingerprint density at radius 3 is 2.86 bits per heavy atom. The van der Waals surface area contributed by atoms with E-state index in [0.717, 1.165) is 64.1 Å². The molecular weight excluding hydrogens is 352 g/mol. The lowest BCUT2D eigenvalue weighted by Crippen LogP contribution is -2.34. The zero-order chi connectivity index (χ0) is 19.3. The Balaban J connectivity index is 1.23. The number of amides is 1. The summed E-state index contributed by atoms with van der Waals surface area (Å²) in [6.45, 7) is 7.69. The first kappa shape index (κ1) is 19.1. The van der Waals surface area contributed by atoms with Gasteiger partial charge in [-0.25, -0.2) is 4.68 Å². The Morgan fingerprint density at radius 2 is 2.04 bits per heavy atom. The minimum Gasteiger partial charge on any atom is -0.351 e. The molecule has 7 nitrogen and oxygen atoms in total. The van der Waals surface area contributed by atoms with E-state index in [9.17, 15) is 4.79 Å². The average molecular weight is 383 g/mol. The number of piperidine rings is 1. The largest absolute Gasteiger partial charge is 0.351 e. The molecule has 0 saturated carbocycles. The molecule has 0 aliphatic carbocycles. The van der Waals surface area contributed by atoms with Crippen LogP contribution in [0.3, 0.4) is 0 Å². The average Bonchev–Trinajstić information content (AvgIpc) is 3.13. The van der Waals surface area contributed by atoms with Crippen molar-refractivity contribution < 1.29 is 4.79 Å². The Morgan fingerprint density at radius 1 is 1.25 bits per heavy atom. The van der Waals surface area contributed by atoms with Crippen LogP contribution in [-0.2, 0) is 13.0 Å². The number of fused-ring (bicyclic) bond motifs is 1. The molecule has 0 unspecified atom stereocenters. The normalized spacial score (nSPS) is 18.0. The van der Waals surface area contributed by atoms with Gasteiger partial charge in [0.15, 0.2) is 5.69 Å². The van der Waals surface area contributed by atoms with Gasteiger partial charge in [0.25, 0.3) is 5.91 Å². The number of rotatable bonds is 6. The molecule has 28 heavy (non-hydrogen) atoms. The van der Waals surface area contributed by atoms with Gasteiger partial charge in [-0.1, -0.05) is 29.5 Å². The van der Waals surface area contributed by atoms with Crippen LogP contribution in [-0.4, -0.2) is 58.5 Å². The third-order valence-corrected chi connectivity index (χ3v) is 5.94. The number of nitrogens with zero attached hydrogens (tertiary/aromatic N) is 4. The first-order valence-corrected chi connectivity index (χ1v) is 10.4. The van der Waals surface area contributed by atoms with Gasteiger partial charge < -0.3 is 10.6 Å². The number of hydrogen-bond donors (Lipinski definition) is 2. The highest BCUT2D eigenvalue weighted by Gasteiger charge is 2.22. The van der Waals surface area contributed by atoms with Crippen molar-refractivity contribution in [1.29, 1.82) is 0 Å². The summed E-state index contributed by atoms with van der Waals surface area (Å²) in [5.74, 6) is -0.110. The van der Waals surface area contributed by atoms with E-state index in [-0.39, 0.29) is 5.91 Å². The molecule has 2 aliphatic rings. The van der Waals surface area contributed by atoms with Crippen molar-refractivity contribution in [2.45, 2.75) is 45.2 Å². The Hall–Kier alpha value is -2.25. The summed E-state index contributed by atoms with van der Waals surface area (Å²) in [5.41, 5.74) is 4.24. The molecule has 0 spiro atoms. The highest BCUT2D eigenvalue weighted by molar-refractivity contribution is 5.93. The molecule has 7 heteroatoms. The van der Waals surface area contributed by atoms with Crippen LogP contribution in [0.4, 0.5) is 0 Å². The van der Waals surface area contributed by atoms with Crippen LogP contribution in [0.15, 0.2) is 24.3 Å². The summed E-state index contributed by atoms with van der Waals surface area (Å²) in [6, 6.07) is 9.02. The first-order chi connectivity index (χ1) is 13.7. The van der Waals surface area contributed by atoms with Crippen LogP contribution in [0.25, 0.3) is 0 Å². The highest BCUT2D eigenvalue weighted by atomic mass is 16.2. The smallest absolute Gasteiger partial charge is 0.273 e. The molecule has 0 atom stereocenters. The van der Waals surface area contributed by atoms with Crippen molar-refractivity contribution in [3.05, 3.63) is 46.8 Å². The van der Waals surface area contributed by atoms with Gasteiger partial charge in [-0.2, -0.15) is 0 Å². The van der Waals surface area contributed by atoms with Gasteiger partial charge in [0.1, 0.15) is 0 Å². The summed E-state index contributed by atoms with van der Waals surface area (Å²) in [6.07, 6.45) is 4.12. The van der Waals surface area contributed by atoms with Crippen molar-refractivity contribution in [2.75, 3.05) is 32.7 Å². The maximum atomic E-state index is 12.5. The van der Waals surface area contributed by atoms with E-state index < -0.39 is 0 Å². The minimum atomic E-state index is -0.110. The highest BCUT2D eigenvalue weighted by Crippen LogP contribution is 2.20. The first-order valence-electron chi connectivity index (χ1n) is 10.4. The van der Waals surface area contributed by atoms with Crippen LogP contribution in [0.5, 0.6) is 0 Å². The third-order valence-electron chi connectivity index (χ3n) is 5.94. The number of hydrogen-bond acceptors (Lipinski definition) is 5. The van der Waals surface area contributed by atoms with Gasteiger partial charge in [-0.05, 0) is 56.8 Å². The molecule has 150 valence electrons. The number of carbonyl (C=O) groups is 1. The Labute approximate surface area is 166 Å². The zero-order valence-electron chi connectivity index (χ0n) is 16.7. The fourth-order valence-corrected chi connectivity index (χ4v) is 4.28. The predicted molar refractivity (Wildman–Crippen MR) is 108 cm³/mol. The van der Waals surface area contributed by atoms with Crippen LogP contribution in [0.2, 0.25) is 0 Å². The molecule has 1 aromatic heterocycles. The molecule has 1 saturated heterocycles. The number of aromatic nitrogens is 3. The molecule has 1 aromatic carbocycles. The molecule has 4 rings (SSSR count). The van der Waals surface area contributed by atoms with Crippen LogP contribution in [0, 0.1) is 6.92 Å². The Bertz CT molecular complexity index is 811. The zero-order valence-corrected chi connectivity index (χ0v) is 16.7. The minimum absolute atomic E-state index is 0.110. The van der Waals surface area contributed by atoms with Crippen molar-refractivity contribution in [1.82, 2.24) is 30.5 Å². The van der Waals surface area contributed by atoms with Crippen molar-refractivity contribution in [2.24, 2.45) is 0 Å². The van der Waals surface area contributed by atoms with E-state index in [2.05, 4.69) is 50.1 Å². The van der Waals surface area contributed by atoms with E-state index in [1.54, 1.807) is 0 Å². The monoisotopic (exact) mass is 382 g/mol. The topological polar surface area (TPSA) is 75.1 Å². The lowest BCUT2D eigenvalue weighted by atomic mass is 10.00. The summed E-state index contributed by atoms with van der Waals surface area (Å²) in [4.78, 5) is 15.0.